The van der Waals surface area contributed by atoms with Crippen molar-refractivity contribution < 1.29 is 4.79 Å². The Morgan fingerprint density at radius 3 is 2.47 bits per heavy atom. The number of nitrogens with one attached hydrogen (secondary N) is 1. The van der Waals surface area contributed by atoms with Crippen LogP contribution >= 0.6 is 0 Å². The maximum absolute atomic E-state index is 11.3. The van der Waals surface area contributed by atoms with Crippen molar-refractivity contribution in [3.05, 3.63) is 0 Å². The number of nitrogens with two attached hydrogens (primary N) is 1. The molecule has 3 N–H and O–H groups in total. The molecule has 1 fully saturated rings. The molecular formula is C11H23N3O. The van der Waals surface area contributed by atoms with Gasteiger partial charge in [0, 0.05) is 6.54 Å². The summed E-state index contributed by atoms with van der Waals surface area (Å²) >= 11 is 0. The van der Waals surface area contributed by atoms with Crippen molar-refractivity contribution in [2.24, 2.45) is 11.7 Å². The minimum absolute atomic E-state index is 0.274. The minimum atomic E-state index is -0.597. The number of rotatable bonds is 4. The van der Waals surface area contributed by atoms with Crippen molar-refractivity contribution in [1.29, 1.82) is 0 Å². The van der Waals surface area contributed by atoms with Gasteiger partial charge in [0.2, 0.25) is 5.91 Å². The lowest BCUT2D eigenvalue weighted by Gasteiger charge is -2.36. The summed E-state index contributed by atoms with van der Waals surface area (Å²) in [6, 6.07) is 0. The lowest BCUT2D eigenvalue weighted by molar-refractivity contribution is -0.124. The highest BCUT2D eigenvalue weighted by molar-refractivity contribution is 5.84. The number of piperidine rings is 1. The van der Waals surface area contributed by atoms with Crippen molar-refractivity contribution in [3.8, 4) is 0 Å². The normalized spacial score (nSPS) is 23.7. The van der Waals surface area contributed by atoms with Crippen LogP contribution in [0.3, 0.4) is 0 Å². The van der Waals surface area contributed by atoms with Gasteiger partial charge in [0.25, 0.3) is 0 Å². The molecule has 1 atom stereocenters. The lowest BCUT2D eigenvalue weighted by Crippen LogP contribution is -2.59. The SMILES string of the molecule is CNC(C)(CN1CCC(C)CC1)C(N)=O. The van der Waals surface area contributed by atoms with Gasteiger partial charge in [-0.3, -0.25) is 4.79 Å². The third kappa shape index (κ3) is 3.18. The third-order valence-electron chi connectivity index (χ3n) is 3.51. The number of hydrogen-bond acceptors (Lipinski definition) is 3. The van der Waals surface area contributed by atoms with Gasteiger partial charge in [-0.05, 0) is 45.8 Å². The Balaban J connectivity index is 2.49. The molecule has 1 aliphatic rings. The average molecular weight is 213 g/mol. The minimum Gasteiger partial charge on any atom is -0.368 e. The molecule has 0 aromatic heterocycles. The molecule has 0 radical (unpaired) electrons. The van der Waals surface area contributed by atoms with Crippen LogP contribution in [0.2, 0.25) is 0 Å². The van der Waals surface area contributed by atoms with Gasteiger partial charge in [0.1, 0.15) is 5.54 Å². The monoisotopic (exact) mass is 213 g/mol. The Hall–Kier alpha value is -0.610. The predicted molar refractivity (Wildman–Crippen MR) is 61.5 cm³/mol. The first-order valence-corrected chi connectivity index (χ1v) is 5.69. The Labute approximate surface area is 92.2 Å². The van der Waals surface area contributed by atoms with E-state index in [4.69, 9.17) is 5.73 Å². The molecule has 1 heterocycles. The van der Waals surface area contributed by atoms with Gasteiger partial charge in [-0.25, -0.2) is 0 Å². The van der Waals surface area contributed by atoms with Gasteiger partial charge in [0.05, 0.1) is 0 Å². The number of likely N-dealkylation sites (tertiary alicyclic amines) is 1. The summed E-state index contributed by atoms with van der Waals surface area (Å²) in [6.07, 6.45) is 2.44. The van der Waals surface area contributed by atoms with Crippen molar-refractivity contribution in [3.63, 3.8) is 0 Å². The van der Waals surface area contributed by atoms with Gasteiger partial charge in [-0.15, -0.1) is 0 Å². The van der Waals surface area contributed by atoms with Crippen molar-refractivity contribution in [1.82, 2.24) is 10.2 Å². The number of carbonyl (C=O) groups excluding carboxylic acids is 1. The quantitative estimate of drug-likeness (QED) is 0.700. The molecule has 0 aromatic rings. The molecule has 1 amide bonds. The summed E-state index contributed by atoms with van der Waals surface area (Å²) < 4.78 is 0. The second-order valence-corrected chi connectivity index (χ2v) is 4.91. The summed E-state index contributed by atoms with van der Waals surface area (Å²) in [5, 5.41) is 3.02. The van der Waals surface area contributed by atoms with E-state index >= 15 is 0 Å². The number of hydrogen-bond donors (Lipinski definition) is 2. The number of carbonyl (C=O) groups is 1. The van der Waals surface area contributed by atoms with Crippen LogP contribution in [0.15, 0.2) is 0 Å². The molecule has 4 heteroatoms. The van der Waals surface area contributed by atoms with E-state index in [0.717, 1.165) is 19.0 Å². The molecule has 0 aliphatic carbocycles. The first kappa shape index (κ1) is 12.5. The van der Waals surface area contributed by atoms with E-state index in [1.54, 1.807) is 7.05 Å². The van der Waals surface area contributed by atoms with Crippen molar-refractivity contribution >= 4 is 5.91 Å². The van der Waals surface area contributed by atoms with Gasteiger partial charge in [-0.2, -0.15) is 0 Å². The molecule has 1 rings (SSSR count). The molecule has 1 saturated heterocycles. The van der Waals surface area contributed by atoms with Gasteiger partial charge >= 0.3 is 0 Å². The Morgan fingerprint density at radius 1 is 1.53 bits per heavy atom. The number of amides is 1. The van der Waals surface area contributed by atoms with Gasteiger partial charge in [-0.1, -0.05) is 6.92 Å². The first-order chi connectivity index (χ1) is 6.98. The standard InChI is InChI=1S/C11H23N3O/c1-9-4-6-14(7-5-9)8-11(2,13-3)10(12)15/h9,13H,4-8H2,1-3H3,(H2,12,15). The molecule has 0 spiro atoms. The molecule has 0 aromatic carbocycles. The summed E-state index contributed by atoms with van der Waals surface area (Å²) in [5.74, 6) is 0.541. The summed E-state index contributed by atoms with van der Waals surface area (Å²) in [6.45, 7) is 7.01. The number of likely N-dealkylation sites (N-methyl/N-ethyl adjacent to an activating group) is 1. The number of nitrogens with zero attached hydrogens (tertiary/aromatic N) is 1. The van der Waals surface area contributed by atoms with E-state index < -0.39 is 5.54 Å². The lowest BCUT2D eigenvalue weighted by atomic mass is 9.95. The van der Waals surface area contributed by atoms with E-state index in [-0.39, 0.29) is 5.91 Å². The van der Waals surface area contributed by atoms with Gasteiger partial charge in [0.15, 0.2) is 0 Å². The second-order valence-electron chi connectivity index (χ2n) is 4.91. The average Bonchev–Trinajstić information content (AvgIpc) is 2.21. The summed E-state index contributed by atoms with van der Waals surface area (Å²) in [5.41, 5.74) is 4.80. The maximum Gasteiger partial charge on any atom is 0.238 e. The fourth-order valence-electron chi connectivity index (χ4n) is 1.95. The van der Waals surface area contributed by atoms with Crippen LogP contribution in [0.25, 0.3) is 0 Å². The van der Waals surface area contributed by atoms with E-state index in [1.807, 2.05) is 6.92 Å². The summed E-state index contributed by atoms with van der Waals surface area (Å²) in [7, 11) is 1.79. The van der Waals surface area contributed by atoms with Crippen LogP contribution in [0.4, 0.5) is 0 Å². The van der Waals surface area contributed by atoms with E-state index in [9.17, 15) is 4.79 Å². The Bertz CT molecular complexity index is 224. The Kier molecular flexibility index (Phi) is 4.11. The predicted octanol–water partition coefficient (Wildman–Crippen LogP) is 0.182. The third-order valence-corrected chi connectivity index (χ3v) is 3.51. The largest absolute Gasteiger partial charge is 0.368 e. The molecule has 88 valence electrons. The van der Waals surface area contributed by atoms with Crippen LogP contribution in [0.1, 0.15) is 26.7 Å². The molecule has 15 heavy (non-hydrogen) atoms. The zero-order valence-electron chi connectivity index (χ0n) is 10.0. The van der Waals surface area contributed by atoms with Crippen LogP contribution < -0.4 is 11.1 Å². The smallest absolute Gasteiger partial charge is 0.238 e. The molecule has 0 saturated carbocycles. The van der Waals surface area contributed by atoms with Crippen LogP contribution in [-0.2, 0) is 4.79 Å². The van der Waals surface area contributed by atoms with E-state index in [0.29, 0.717) is 6.54 Å². The molecule has 1 aliphatic heterocycles. The maximum atomic E-state index is 11.3. The molecule has 4 nitrogen and oxygen atoms in total. The van der Waals surface area contributed by atoms with Crippen LogP contribution in [0.5, 0.6) is 0 Å². The van der Waals surface area contributed by atoms with Crippen LogP contribution in [-0.4, -0.2) is 43.0 Å². The topological polar surface area (TPSA) is 58.4 Å². The fraction of sp³-hybridized carbons (Fsp3) is 0.909. The van der Waals surface area contributed by atoms with Crippen molar-refractivity contribution in [2.75, 3.05) is 26.7 Å². The van der Waals surface area contributed by atoms with Crippen LogP contribution in [0, 0.1) is 5.92 Å². The second kappa shape index (κ2) is 4.94. The molecule has 1 unspecified atom stereocenters. The van der Waals surface area contributed by atoms with E-state index in [1.165, 1.54) is 12.8 Å². The highest BCUT2D eigenvalue weighted by atomic mass is 16.1. The first-order valence-electron chi connectivity index (χ1n) is 5.69. The highest BCUT2D eigenvalue weighted by Gasteiger charge is 2.32. The van der Waals surface area contributed by atoms with E-state index in [2.05, 4.69) is 17.1 Å². The van der Waals surface area contributed by atoms with Crippen molar-refractivity contribution in [2.45, 2.75) is 32.2 Å². The highest BCUT2D eigenvalue weighted by Crippen LogP contribution is 2.17. The number of primary amides is 1. The fourth-order valence-corrected chi connectivity index (χ4v) is 1.95. The Morgan fingerprint density at radius 2 is 2.07 bits per heavy atom. The zero-order chi connectivity index (χ0) is 11.5. The molecular weight excluding hydrogens is 190 g/mol. The summed E-state index contributed by atoms with van der Waals surface area (Å²) in [4.78, 5) is 13.6. The molecule has 0 bridgehead atoms. The van der Waals surface area contributed by atoms with Gasteiger partial charge < -0.3 is 16.0 Å². The zero-order valence-corrected chi connectivity index (χ0v) is 10.0.